The molecule has 2 N–H and O–H groups in total. The van der Waals surface area contributed by atoms with Gasteiger partial charge in [0.15, 0.2) is 0 Å². The van der Waals surface area contributed by atoms with Crippen LogP contribution in [0.3, 0.4) is 0 Å². The number of carbonyl (C=O) groups is 1. The maximum atomic E-state index is 12.5. The van der Waals surface area contributed by atoms with Gasteiger partial charge < -0.3 is 20.4 Å². The van der Waals surface area contributed by atoms with Crippen LogP contribution in [-0.2, 0) is 6.42 Å². The van der Waals surface area contributed by atoms with Gasteiger partial charge in [-0.3, -0.25) is 4.98 Å². The molecule has 0 bridgehead atoms. The van der Waals surface area contributed by atoms with Crippen LogP contribution in [0.2, 0.25) is 0 Å². The van der Waals surface area contributed by atoms with E-state index in [1.165, 1.54) is 0 Å². The van der Waals surface area contributed by atoms with Crippen LogP contribution in [-0.4, -0.2) is 60.7 Å². The van der Waals surface area contributed by atoms with Gasteiger partial charge in [-0.2, -0.15) is 0 Å². The summed E-state index contributed by atoms with van der Waals surface area (Å²) in [4.78, 5) is 24.9. The highest BCUT2D eigenvalue weighted by atomic mass is 16.2. The third-order valence-corrected chi connectivity index (χ3v) is 5.00. The maximum Gasteiger partial charge on any atom is 0.317 e. The van der Waals surface area contributed by atoms with Gasteiger partial charge in [-0.05, 0) is 49.4 Å². The highest BCUT2D eigenvalue weighted by Gasteiger charge is 2.20. The molecule has 3 rings (SSSR count). The molecule has 1 saturated heterocycles. The number of carbonyl (C=O) groups excluding carboxylic acids is 1. The molecule has 2 aromatic rings. The Bertz CT molecular complexity index is 734. The fourth-order valence-electron chi connectivity index (χ4n) is 3.39. The number of hydrogen-bond acceptors (Lipinski definition) is 5. The van der Waals surface area contributed by atoms with Crippen LogP contribution in [0.1, 0.15) is 24.8 Å². The number of anilines is 2. The molecule has 150 valence electrons. The molecule has 0 aromatic carbocycles. The molecule has 1 atom stereocenters. The summed E-state index contributed by atoms with van der Waals surface area (Å²) in [6.45, 7) is 2.20. The smallest absolute Gasteiger partial charge is 0.317 e. The Morgan fingerprint density at radius 3 is 2.82 bits per heavy atom. The van der Waals surface area contributed by atoms with Crippen molar-refractivity contribution in [2.24, 2.45) is 0 Å². The highest BCUT2D eigenvalue weighted by Crippen LogP contribution is 2.18. The summed E-state index contributed by atoms with van der Waals surface area (Å²) >= 11 is 0. The lowest BCUT2D eigenvalue weighted by Crippen LogP contribution is -2.41. The van der Waals surface area contributed by atoms with Crippen LogP contribution < -0.4 is 15.5 Å². The fraction of sp³-hybridized carbons (Fsp3) is 0.476. The first-order valence-electron chi connectivity index (χ1n) is 9.93. The van der Waals surface area contributed by atoms with Crippen LogP contribution in [0.15, 0.2) is 42.9 Å². The van der Waals surface area contributed by atoms with Gasteiger partial charge in [-0.15, -0.1) is 0 Å². The molecule has 1 aliphatic heterocycles. The number of likely N-dealkylation sites (tertiary alicyclic amines) is 1. The van der Waals surface area contributed by atoms with Gasteiger partial charge in [0.25, 0.3) is 0 Å². The Kier molecular flexibility index (Phi) is 7.06. The molecule has 1 aliphatic rings. The highest BCUT2D eigenvalue weighted by molar-refractivity contribution is 5.74. The number of pyridine rings is 2. The van der Waals surface area contributed by atoms with E-state index < -0.39 is 0 Å². The minimum atomic E-state index is 0.0292. The fourth-order valence-corrected chi connectivity index (χ4v) is 3.39. The van der Waals surface area contributed by atoms with Crippen molar-refractivity contribution in [2.45, 2.75) is 31.7 Å². The summed E-state index contributed by atoms with van der Waals surface area (Å²) in [5.74, 6) is 0.945. The molecule has 3 heterocycles. The van der Waals surface area contributed by atoms with E-state index in [4.69, 9.17) is 0 Å². The molecular formula is C21H30N6O. The molecule has 0 radical (unpaired) electrons. The Morgan fingerprint density at radius 2 is 2.11 bits per heavy atom. The number of rotatable bonds is 6. The summed E-state index contributed by atoms with van der Waals surface area (Å²) < 4.78 is 0. The summed E-state index contributed by atoms with van der Waals surface area (Å²) in [5.41, 5.74) is 2.17. The van der Waals surface area contributed by atoms with Crippen molar-refractivity contribution in [1.82, 2.24) is 20.2 Å². The number of aromatic nitrogens is 2. The molecule has 2 amide bonds. The minimum absolute atomic E-state index is 0.0292. The van der Waals surface area contributed by atoms with Crippen molar-refractivity contribution < 1.29 is 4.79 Å². The standard InChI is InChI=1S/C21H30N6O/c1-26(2)20-8-7-19(16-24-20)25-18-6-4-13-27(14-10-18)21(28)23-12-9-17-5-3-11-22-15-17/h3,5,7-8,11,15-16,18,25H,4,6,9-10,12-14H2,1-2H3,(H,23,28). The van der Waals surface area contributed by atoms with Gasteiger partial charge in [0.2, 0.25) is 0 Å². The summed E-state index contributed by atoms with van der Waals surface area (Å²) in [7, 11) is 3.97. The van der Waals surface area contributed by atoms with Gasteiger partial charge in [0, 0.05) is 52.2 Å². The van der Waals surface area contributed by atoms with E-state index in [0.29, 0.717) is 12.6 Å². The Morgan fingerprint density at radius 1 is 1.21 bits per heavy atom. The molecule has 0 aliphatic carbocycles. The number of amides is 2. The lowest BCUT2D eigenvalue weighted by Gasteiger charge is -2.22. The molecule has 0 spiro atoms. The Hall–Kier alpha value is -2.83. The predicted octanol–water partition coefficient (Wildman–Crippen LogP) is 2.76. The van der Waals surface area contributed by atoms with Gasteiger partial charge in [-0.1, -0.05) is 6.07 Å². The van der Waals surface area contributed by atoms with Gasteiger partial charge >= 0.3 is 6.03 Å². The minimum Gasteiger partial charge on any atom is -0.381 e. The molecule has 7 nitrogen and oxygen atoms in total. The molecule has 2 aromatic heterocycles. The van der Waals surface area contributed by atoms with E-state index in [0.717, 1.165) is 55.8 Å². The first-order chi connectivity index (χ1) is 13.6. The molecular weight excluding hydrogens is 352 g/mol. The van der Waals surface area contributed by atoms with Gasteiger partial charge in [0.1, 0.15) is 5.82 Å². The lowest BCUT2D eigenvalue weighted by atomic mass is 10.1. The maximum absolute atomic E-state index is 12.5. The average Bonchev–Trinajstić information content (AvgIpc) is 2.95. The van der Waals surface area contributed by atoms with E-state index in [1.807, 2.05) is 54.5 Å². The molecule has 1 unspecified atom stereocenters. The van der Waals surface area contributed by atoms with Crippen molar-refractivity contribution in [3.63, 3.8) is 0 Å². The predicted molar refractivity (Wildman–Crippen MR) is 113 cm³/mol. The van der Waals surface area contributed by atoms with Crippen molar-refractivity contribution in [2.75, 3.05) is 43.9 Å². The largest absolute Gasteiger partial charge is 0.381 e. The summed E-state index contributed by atoms with van der Waals surface area (Å²) in [5, 5.41) is 6.60. The van der Waals surface area contributed by atoms with E-state index in [-0.39, 0.29) is 6.03 Å². The van der Waals surface area contributed by atoms with Crippen LogP contribution >= 0.6 is 0 Å². The SMILES string of the molecule is CN(C)c1ccc(NC2CCCN(C(=O)NCCc3cccnc3)CC2)cn1. The Balaban J connectivity index is 1.43. The van der Waals surface area contributed by atoms with Crippen LogP contribution in [0.4, 0.5) is 16.3 Å². The second-order valence-corrected chi connectivity index (χ2v) is 7.40. The quantitative estimate of drug-likeness (QED) is 0.804. The van der Waals surface area contributed by atoms with Gasteiger partial charge in [-0.25, -0.2) is 9.78 Å². The third-order valence-electron chi connectivity index (χ3n) is 5.00. The van der Waals surface area contributed by atoms with Crippen LogP contribution in [0.25, 0.3) is 0 Å². The van der Waals surface area contributed by atoms with Gasteiger partial charge in [0.05, 0.1) is 11.9 Å². The van der Waals surface area contributed by atoms with E-state index in [1.54, 1.807) is 6.20 Å². The second-order valence-electron chi connectivity index (χ2n) is 7.40. The first kappa shape index (κ1) is 19.9. The van der Waals surface area contributed by atoms with E-state index >= 15 is 0 Å². The topological polar surface area (TPSA) is 73.4 Å². The molecule has 28 heavy (non-hydrogen) atoms. The molecule has 7 heteroatoms. The average molecular weight is 383 g/mol. The van der Waals surface area contributed by atoms with Crippen molar-refractivity contribution in [1.29, 1.82) is 0 Å². The zero-order chi connectivity index (χ0) is 19.8. The zero-order valence-electron chi connectivity index (χ0n) is 16.8. The van der Waals surface area contributed by atoms with E-state index in [2.05, 4.69) is 26.7 Å². The van der Waals surface area contributed by atoms with Crippen molar-refractivity contribution in [3.8, 4) is 0 Å². The molecule has 0 saturated carbocycles. The molecule has 1 fully saturated rings. The first-order valence-corrected chi connectivity index (χ1v) is 9.93. The number of urea groups is 1. The summed E-state index contributed by atoms with van der Waals surface area (Å²) in [6, 6.07) is 8.42. The van der Waals surface area contributed by atoms with Crippen molar-refractivity contribution >= 4 is 17.5 Å². The normalized spacial score (nSPS) is 16.9. The monoisotopic (exact) mass is 382 g/mol. The summed E-state index contributed by atoms with van der Waals surface area (Å²) in [6.07, 6.45) is 9.26. The Labute approximate surface area is 167 Å². The number of hydrogen-bond donors (Lipinski definition) is 2. The second kappa shape index (κ2) is 9.92. The van der Waals surface area contributed by atoms with Crippen molar-refractivity contribution in [3.05, 3.63) is 48.4 Å². The third kappa shape index (κ3) is 5.84. The van der Waals surface area contributed by atoms with Crippen LogP contribution in [0, 0.1) is 0 Å². The number of nitrogens with one attached hydrogen (secondary N) is 2. The lowest BCUT2D eigenvalue weighted by molar-refractivity contribution is 0.200. The zero-order valence-corrected chi connectivity index (χ0v) is 16.8. The van der Waals surface area contributed by atoms with Crippen LogP contribution in [0.5, 0.6) is 0 Å². The van der Waals surface area contributed by atoms with E-state index in [9.17, 15) is 4.79 Å². The number of nitrogens with zero attached hydrogens (tertiary/aromatic N) is 4.